The molecule has 1 aromatic carbocycles. The molecule has 4 rings (SSSR count). The van der Waals surface area contributed by atoms with Crippen LogP contribution in [0.4, 0.5) is 0 Å². The molecular formula is C20H21N3O2S2. The van der Waals surface area contributed by atoms with Crippen molar-refractivity contribution in [1.82, 2.24) is 14.8 Å². The topological polar surface area (TPSA) is 57.0 Å². The number of nitrogens with zero attached hydrogens (tertiary/aromatic N) is 3. The Morgan fingerprint density at radius 3 is 2.70 bits per heavy atom. The molecule has 0 spiro atoms. The van der Waals surface area contributed by atoms with Gasteiger partial charge in [-0.3, -0.25) is 4.79 Å². The zero-order valence-corrected chi connectivity index (χ0v) is 16.9. The highest BCUT2D eigenvalue weighted by Gasteiger charge is 2.31. The molecule has 2 heterocycles. The average Bonchev–Trinajstić information content (AvgIpc) is 3.25. The molecule has 1 aliphatic carbocycles. The van der Waals surface area contributed by atoms with E-state index in [2.05, 4.69) is 32.3 Å². The first kappa shape index (κ1) is 18.3. The Morgan fingerprint density at radius 2 is 2.07 bits per heavy atom. The SMILES string of the molecule is COc1ccc(C(=O)C(C)Sc2nnc(Cc3cccs3)n2C2CC2)cc1. The van der Waals surface area contributed by atoms with Gasteiger partial charge < -0.3 is 9.30 Å². The van der Waals surface area contributed by atoms with Gasteiger partial charge in [0.2, 0.25) is 0 Å². The number of hydrogen-bond acceptors (Lipinski definition) is 6. The van der Waals surface area contributed by atoms with Crippen molar-refractivity contribution < 1.29 is 9.53 Å². The number of ether oxygens (including phenoxy) is 1. The summed E-state index contributed by atoms with van der Waals surface area (Å²) in [5.74, 6) is 1.83. The minimum atomic E-state index is -0.227. The minimum Gasteiger partial charge on any atom is -0.497 e. The molecule has 0 radical (unpaired) electrons. The molecule has 27 heavy (non-hydrogen) atoms. The fourth-order valence-corrected chi connectivity index (χ4v) is 4.70. The lowest BCUT2D eigenvalue weighted by molar-refractivity contribution is 0.0994. The highest BCUT2D eigenvalue weighted by Crippen LogP contribution is 2.40. The van der Waals surface area contributed by atoms with Crippen LogP contribution in [-0.4, -0.2) is 32.9 Å². The summed E-state index contributed by atoms with van der Waals surface area (Å²) in [4.78, 5) is 14.1. The van der Waals surface area contributed by atoms with E-state index in [-0.39, 0.29) is 11.0 Å². The molecule has 3 aromatic rings. The van der Waals surface area contributed by atoms with Crippen molar-refractivity contribution in [3.63, 3.8) is 0 Å². The Bertz CT molecular complexity index is 915. The smallest absolute Gasteiger partial charge is 0.192 e. The van der Waals surface area contributed by atoms with Gasteiger partial charge in [-0.1, -0.05) is 17.8 Å². The Kier molecular flexibility index (Phi) is 5.31. The summed E-state index contributed by atoms with van der Waals surface area (Å²) < 4.78 is 7.40. The maximum Gasteiger partial charge on any atom is 0.192 e. The van der Waals surface area contributed by atoms with Gasteiger partial charge in [0.15, 0.2) is 10.9 Å². The summed E-state index contributed by atoms with van der Waals surface area (Å²) in [7, 11) is 1.62. The Hall–Kier alpha value is -2.12. The summed E-state index contributed by atoms with van der Waals surface area (Å²) >= 11 is 3.23. The van der Waals surface area contributed by atoms with Crippen LogP contribution in [0.2, 0.25) is 0 Å². The number of thiophene rings is 1. The van der Waals surface area contributed by atoms with Crippen LogP contribution in [0.3, 0.4) is 0 Å². The van der Waals surface area contributed by atoms with E-state index in [1.165, 1.54) is 16.6 Å². The second-order valence-corrected chi connectivity index (χ2v) is 8.95. The molecule has 0 bridgehead atoms. The molecule has 0 amide bonds. The maximum absolute atomic E-state index is 12.8. The van der Waals surface area contributed by atoms with Crippen molar-refractivity contribution in [3.05, 3.63) is 58.0 Å². The van der Waals surface area contributed by atoms with Crippen molar-refractivity contribution in [2.75, 3.05) is 7.11 Å². The third-order valence-electron chi connectivity index (χ3n) is 4.59. The Labute approximate surface area is 166 Å². The van der Waals surface area contributed by atoms with Crippen LogP contribution >= 0.6 is 23.1 Å². The van der Waals surface area contributed by atoms with Gasteiger partial charge >= 0.3 is 0 Å². The van der Waals surface area contributed by atoms with Gasteiger partial charge in [0.25, 0.3) is 0 Å². The van der Waals surface area contributed by atoms with E-state index in [0.717, 1.165) is 36.0 Å². The van der Waals surface area contributed by atoms with Crippen molar-refractivity contribution in [2.45, 2.75) is 42.6 Å². The number of methoxy groups -OCH3 is 1. The zero-order valence-electron chi connectivity index (χ0n) is 15.3. The lowest BCUT2D eigenvalue weighted by Crippen LogP contribution is -2.15. The fraction of sp³-hybridized carbons (Fsp3) is 0.350. The summed E-state index contributed by atoms with van der Waals surface area (Å²) in [6.45, 7) is 1.93. The summed E-state index contributed by atoms with van der Waals surface area (Å²) in [5, 5.41) is 11.5. The molecule has 1 saturated carbocycles. The predicted octanol–water partition coefficient (Wildman–Crippen LogP) is 4.64. The predicted molar refractivity (Wildman–Crippen MR) is 108 cm³/mol. The lowest BCUT2D eigenvalue weighted by atomic mass is 10.1. The molecule has 1 unspecified atom stereocenters. The van der Waals surface area contributed by atoms with Crippen LogP contribution in [0.1, 0.15) is 46.9 Å². The second-order valence-electron chi connectivity index (χ2n) is 6.61. The largest absolute Gasteiger partial charge is 0.497 e. The molecule has 0 aliphatic heterocycles. The van der Waals surface area contributed by atoms with Gasteiger partial charge in [-0.05, 0) is 55.5 Å². The van der Waals surface area contributed by atoms with E-state index in [0.29, 0.717) is 11.6 Å². The molecule has 7 heteroatoms. The molecule has 2 aromatic heterocycles. The first-order valence-corrected chi connectivity index (χ1v) is 10.7. The number of ketones is 1. The van der Waals surface area contributed by atoms with Crippen molar-refractivity contribution in [1.29, 1.82) is 0 Å². The third-order valence-corrected chi connectivity index (χ3v) is 6.52. The van der Waals surface area contributed by atoms with E-state index >= 15 is 0 Å². The lowest BCUT2D eigenvalue weighted by Gasteiger charge is -2.12. The van der Waals surface area contributed by atoms with Crippen LogP contribution in [0, 0.1) is 0 Å². The van der Waals surface area contributed by atoms with Gasteiger partial charge in [-0.25, -0.2) is 0 Å². The van der Waals surface area contributed by atoms with Gasteiger partial charge in [0.1, 0.15) is 11.6 Å². The van der Waals surface area contributed by atoms with Crippen LogP contribution < -0.4 is 4.74 Å². The molecule has 1 fully saturated rings. The molecule has 1 atom stereocenters. The van der Waals surface area contributed by atoms with Gasteiger partial charge in [0.05, 0.1) is 12.4 Å². The molecule has 0 N–H and O–H groups in total. The molecular weight excluding hydrogens is 378 g/mol. The highest BCUT2D eigenvalue weighted by molar-refractivity contribution is 8.00. The van der Waals surface area contributed by atoms with Crippen molar-refractivity contribution in [2.24, 2.45) is 0 Å². The van der Waals surface area contributed by atoms with E-state index in [4.69, 9.17) is 4.74 Å². The fourth-order valence-electron chi connectivity index (χ4n) is 2.98. The van der Waals surface area contributed by atoms with E-state index in [1.807, 2.05) is 31.2 Å². The van der Waals surface area contributed by atoms with Gasteiger partial charge in [-0.15, -0.1) is 21.5 Å². The molecule has 140 valence electrons. The first-order valence-electron chi connectivity index (χ1n) is 8.97. The van der Waals surface area contributed by atoms with Crippen molar-refractivity contribution in [3.8, 4) is 5.75 Å². The van der Waals surface area contributed by atoms with Crippen molar-refractivity contribution >= 4 is 28.9 Å². The summed E-state index contributed by atoms with van der Waals surface area (Å²) in [6.07, 6.45) is 3.11. The zero-order chi connectivity index (χ0) is 18.8. The summed E-state index contributed by atoms with van der Waals surface area (Å²) in [6, 6.07) is 11.9. The number of benzene rings is 1. The van der Waals surface area contributed by atoms with E-state index in [9.17, 15) is 4.79 Å². The average molecular weight is 400 g/mol. The number of Topliss-reactive ketones (excluding diaryl/α,β-unsaturated/α-hetero) is 1. The Balaban J connectivity index is 1.51. The van der Waals surface area contributed by atoms with Crippen LogP contribution in [0.25, 0.3) is 0 Å². The number of thioether (sulfide) groups is 1. The molecule has 1 aliphatic rings. The van der Waals surface area contributed by atoms with Crippen LogP contribution in [0.5, 0.6) is 5.75 Å². The standard InChI is InChI=1S/C20H21N3O2S2/c1-13(19(24)14-5-9-16(25-2)10-6-14)27-20-22-21-18(23(20)15-7-8-15)12-17-4-3-11-26-17/h3-6,9-11,13,15H,7-8,12H2,1-2H3. The molecule has 0 saturated heterocycles. The number of rotatable bonds is 8. The van der Waals surface area contributed by atoms with Gasteiger partial charge in [0, 0.05) is 22.9 Å². The number of carbonyl (C=O) groups excluding carboxylic acids is 1. The highest BCUT2D eigenvalue weighted by atomic mass is 32.2. The van der Waals surface area contributed by atoms with E-state index < -0.39 is 0 Å². The van der Waals surface area contributed by atoms with E-state index in [1.54, 1.807) is 18.4 Å². The second kappa shape index (κ2) is 7.86. The molecule has 5 nitrogen and oxygen atoms in total. The first-order chi connectivity index (χ1) is 13.2. The summed E-state index contributed by atoms with van der Waals surface area (Å²) in [5.41, 5.74) is 0.687. The number of carbonyl (C=O) groups is 1. The number of hydrogen-bond donors (Lipinski definition) is 0. The normalized spacial score (nSPS) is 14.9. The van der Waals surface area contributed by atoms with Crippen LogP contribution in [0.15, 0.2) is 46.9 Å². The monoisotopic (exact) mass is 399 g/mol. The van der Waals surface area contributed by atoms with Gasteiger partial charge in [-0.2, -0.15) is 0 Å². The maximum atomic E-state index is 12.8. The number of aromatic nitrogens is 3. The van der Waals surface area contributed by atoms with Crippen LogP contribution in [-0.2, 0) is 6.42 Å². The minimum absolute atomic E-state index is 0.0906. The quantitative estimate of drug-likeness (QED) is 0.408. The third kappa shape index (κ3) is 4.09. The Morgan fingerprint density at radius 1 is 1.30 bits per heavy atom.